The summed E-state index contributed by atoms with van der Waals surface area (Å²) in [5, 5.41) is 0. The summed E-state index contributed by atoms with van der Waals surface area (Å²) in [4.78, 5) is 11.4. The van der Waals surface area contributed by atoms with Gasteiger partial charge < -0.3 is 10.8 Å². The fourth-order valence-electron chi connectivity index (χ4n) is 0.105. The molecule has 0 bridgehead atoms. The maximum atomic E-state index is 9.85. The zero-order valence-corrected chi connectivity index (χ0v) is 11.8. The summed E-state index contributed by atoms with van der Waals surface area (Å²) in [6.45, 7) is 10.0. The molecule has 0 aromatic rings. The topological polar surface area (TPSA) is 20.3 Å². The standard InChI is InChI=1S/C5H10NO.C4H9.Y/c1-5(2)6(3)4-7;1-4(2)3;/h4H,1-3H3;1-3H3;/q2*-1;. The fraction of sp³-hybridized carbons (Fsp3) is 0.667. The van der Waals surface area contributed by atoms with E-state index >= 15 is 0 Å². The minimum Gasteiger partial charge on any atom is -0.496 e. The van der Waals surface area contributed by atoms with E-state index in [1.807, 2.05) is 13.8 Å². The van der Waals surface area contributed by atoms with E-state index in [1.54, 1.807) is 7.05 Å². The third-order valence-corrected chi connectivity index (χ3v) is 0.864. The first-order valence-electron chi connectivity index (χ1n) is 3.66. The van der Waals surface area contributed by atoms with Gasteiger partial charge in [-0.1, -0.05) is 0 Å². The van der Waals surface area contributed by atoms with Gasteiger partial charge in [0.05, 0.1) is 0 Å². The summed E-state index contributed by atoms with van der Waals surface area (Å²) < 4.78 is 0. The molecule has 0 aromatic heterocycles. The van der Waals surface area contributed by atoms with Crippen molar-refractivity contribution in [3.05, 3.63) is 12.0 Å². The van der Waals surface area contributed by atoms with E-state index in [-0.39, 0.29) is 32.7 Å². The summed E-state index contributed by atoms with van der Waals surface area (Å²) in [5.74, 6) is 1.42. The van der Waals surface area contributed by atoms with Crippen molar-refractivity contribution in [3.63, 3.8) is 0 Å². The van der Waals surface area contributed by atoms with E-state index < -0.39 is 0 Å². The second-order valence-corrected chi connectivity index (χ2v) is 3.16. The molecular formula is C9H19NOY-2. The van der Waals surface area contributed by atoms with Crippen molar-refractivity contribution in [2.24, 2.45) is 0 Å². The number of hydrogen-bond donors (Lipinski definition) is 0. The Labute approximate surface area is 102 Å². The third kappa shape index (κ3) is 22.4. The normalized spacial score (nSPS) is 8.33. The average molecular weight is 246 g/mol. The SMILES string of the molecule is C[C-](C)C.C[C-](C)N(C)C=O.[Y]. The van der Waals surface area contributed by atoms with Gasteiger partial charge in [-0.25, -0.2) is 6.04 Å². The summed E-state index contributed by atoms with van der Waals surface area (Å²) in [7, 11) is 1.72. The quantitative estimate of drug-likeness (QED) is 0.540. The van der Waals surface area contributed by atoms with Gasteiger partial charge >= 0.3 is 0 Å². The Hall–Kier alpha value is 0.574. The van der Waals surface area contributed by atoms with E-state index in [9.17, 15) is 4.79 Å². The van der Waals surface area contributed by atoms with Crippen molar-refractivity contribution in [2.75, 3.05) is 7.05 Å². The molecular weight excluding hydrogens is 227 g/mol. The van der Waals surface area contributed by atoms with E-state index in [1.165, 1.54) is 10.8 Å². The van der Waals surface area contributed by atoms with Crippen molar-refractivity contribution in [1.29, 1.82) is 0 Å². The number of amides is 1. The molecule has 0 spiro atoms. The van der Waals surface area contributed by atoms with E-state index in [0.717, 1.165) is 12.5 Å². The number of rotatable bonds is 2. The van der Waals surface area contributed by atoms with Gasteiger partial charge in [-0.2, -0.15) is 34.6 Å². The van der Waals surface area contributed by atoms with Crippen LogP contribution in [0.1, 0.15) is 34.6 Å². The van der Waals surface area contributed by atoms with Crippen LogP contribution in [-0.2, 0) is 37.5 Å². The van der Waals surface area contributed by atoms with Crippen LogP contribution in [-0.4, -0.2) is 18.4 Å². The molecule has 1 amide bonds. The molecule has 0 atom stereocenters. The van der Waals surface area contributed by atoms with Gasteiger partial charge in [0, 0.05) is 32.7 Å². The molecule has 0 unspecified atom stereocenters. The molecule has 0 saturated carbocycles. The molecule has 0 saturated heterocycles. The van der Waals surface area contributed by atoms with Gasteiger partial charge in [0.1, 0.15) is 0 Å². The molecule has 1 radical (unpaired) electrons. The van der Waals surface area contributed by atoms with Crippen molar-refractivity contribution in [1.82, 2.24) is 4.90 Å². The van der Waals surface area contributed by atoms with Crippen LogP contribution in [0.4, 0.5) is 0 Å². The Morgan fingerprint density at radius 2 is 1.33 bits per heavy atom. The maximum Gasteiger partial charge on any atom is 0.180 e. The van der Waals surface area contributed by atoms with Crippen LogP contribution >= 0.6 is 0 Å². The Morgan fingerprint density at radius 3 is 1.33 bits per heavy atom. The Morgan fingerprint density at radius 1 is 1.08 bits per heavy atom. The molecule has 0 aromatic carbocycles. The van der Waals surface area contributed by atoms with Crippen molar-refractivity contribution >= 4 is 6.41 Å². The predicted molar refractivity (Wildman–Crippen MR) is 48.7 cm³/mol. The van der Waals surface area contributed by atoms with E-state index in [0.29, 0.717) is 0 Å². The summed E-state index contributed by atoms with van der Waals surface area (Å²) in [6.07, 6.45) is 0.787. The van der Waals surface area contributed by atoms with Crippen molar-refractivity contribution < 1.29 is 37.5 Å². The van der Waals surface area contributed by atoms with Crippen molar-refractivity contribution in [2.45, 2.75) is 34.6 Å². The third-order valence-electron chi connectivity index (χ3n) is 0.864. The second-order valence-electron chi connectivity index (χ2n) is 3.16. The van der Waals surface area contributed by atoms with E-state index in [2.05, 4.69) is 20.8 Å². The fourth-order valence-corrected chi connectivity index (χ4v) is 0.105. The molecule has 0 fully saturated rings. The van der Waals surface area contributed by atoms with Crippen LogP contribution in [0.25, 0.3) is 0 Å². The number of carbonyl (C=O) groups is 1. The second kappa shape index (κ2) is 11.6. The van der Waals surface area contributed by atoms with Crippen LogP contribution < -0.4 is 0 Å². The zero-order valence-electron chi connectivity index (χ0n) is 9.01. The van der Waals surface area contributed by atoms with Crippen molar-refractivity contribution in [3.8, 4) is 0 Å². The van der Waals surface area contributed by atoms with Gasteiger partial charge in [-0.3, -0.25) is 4.79 Å². The van der Waals surface area contributed by atoms with Crippen LogP contribution in [0.2, 0.25) is 0 Å². The smallest absolute Gasteiger partial charge is 0.180 e. The number of hydrogen-bond acceptors (Lipinski definition) is 1. The zero-order chi connectivity index (χ0) is 9.44. The number of nitrogens with zero attached hydrogens (tertiary/aromatic N) is 1. The number of carbonyl (C=O) groups excluding carboxylic acids is 1. The minimum atomic E-state index is 0. The van der Waals surface area contributed by atoms with Crippen LogP contribution in [0.15, 0.2) is 0 Å². The summed E-state index contributed by atoms with van der Waals surface area (Å²) in [6, 6.07) is 1.01. The molecule has 0 N–H and O–H groups in total. The molecule has 2 nitrogen and oxygen atoms in total. The molecule has 0 aliphatic rings. The Kier molecular flexibility index (Phi) is 17.7. The first-order valence-corrected chi connectivity index (χ1v) is 3.66. The predicted octanol–water partition coefficient (Wildman–Crippen LogP) is 2.26. The van der Waals surface area contributed by atoms with Gasteiger partial charge in [0.25, 0.3) is 0 Å². The largest absolute Gasteiger partial charge is 0.496 e. The molecule has 71 valence electrons. The molecule has 0 aliphatic carbocycles. The Balaban J connectivity index is -0.000000142. The molecule has 0 aliphatic heterocycles. The van der Waals surface area contributed by atoms with Crippen LogP contribution in [0.3, 0.4) is 0 Å². The van der Waals surface area contributed by atoms with Gasteiger partial charge in [0.2, 0.25) is 0 Å². The molecule has 12 heavy (non-hydrogen) atoms. The van der Waals surface area contributed by atoms with E-state index in [4.69, 9.17) is 0 Å². The monoisotopic (exact) mass is 246 g/mol. The average Bonchev–Trinajstić information content (AvgIpc) is 1.85. The van der Waals surface area contributed by atoms with Crippen LogP contribution in [0.5, 0.6) is 0 Å². The molecule has 0 rings (SSSR count). The van der Waals surface area contributed by atoms with Gasteiger partial charge in [0.15, 0.2) is 6.41 Å². The van der Waals surface area contributed by atoms with Gasteiger partial charge in [-0.05, 0) is 7.05 Å². The van der Waals surface area contributed by atoms with Crippen LogP contribution in [0, 0.1) is 12.0 Å². The summed E-state index contributed by atoms with van der Waals surface area (Å²) >= 11 is 0. The summed E-state index contributed by atoms with van der Waals surface area (Å²) in [5.41, 5.74) is 0. The Bertz CT molecular complexity index is 91.8. The molecule has 3 heteroatoms. The van der Waals surface area contributed by atoms with Gasteiger partial charge in [-0.15, -0.1) is 0 Å². The minimum absolute atomic E-state index is 0. The maximum absolute atomic E-state index is 9.85. The molecule has 0 heterocycles. The first kappa shape index (κ1) is 18.4. The first-order chi connectivity index (χ1) is 4.91.